The minimum atomic E-state index is -0.0599. The Bertz CT molecular complexity index is 980. The molecule has 4 rings (SSSR count). The molecule has 3 aromatic rings. The highest BCUT2D eigenvalue weighted by Gasteiger charge is 2.27. The van der Waals surface area contributed by atoms with Gasteiger partial charge in [0.15, 0.2) is 11.4 Å². The number of amides is 1. The molecular formula is C23H30N4O2. The van der Waals surface area contributed by atoms with Gasteiger partial charge in [-0.05, 0) is 62.8 Å². The molecule has 6 heteroatoms. The van der Waals surface area contributed by atoms with Crippen LogP contribution in [0, 0.1) is 19.8 Å². The highest BCUT2D eigenvalue weighted by Crippen LogP contribution is 2.32. The van der Waals surface area contributed by atoms with E-state index in [2.05, 4.69) is 16.5 Å². The SMILES string of the molecule is CCCCCN(Cc1nc2cccnc2n1CC1CC1)C(=O)c1cc(C)c(C)o1. The summed E-state index contributed by atoms with van der Waals surface area (Å²) in [7, 11) is 0. The van der Waals surface area contributed by atoms with E-state index in [1.807, 2.05) is 43.1 Å². The number of fused-ring (bicyclic) bond motifs is 1. The average Bonchev–Trinajstić information content (AvgIpc) is 3.39. The fraction of sp³-hybridized carbons (Fsp3) is 0.522. The Morgan fingerprint density at radius 3 is 2.83 bits per heavy atom. The molecule has 1 aliphatic carbocycles. The van der Waals surface area contributed by atoms with E-state index < -0.39 is 0 Å². The number of nitrogens with zero attached hydrogens (tertiary/aromatic N) is 4. The van der Waals surface area contributed by atoms with Crippen molar-refractivity contribution in [1.82, 2.24) is 19.4 Å². The Labute approximate surface area is 171 Å². The van der Waals surface area contributed by atoms with E-state index >= 15 is 0 Å². The summed E-state index contributed by atoms with van der Waals surface area (Å²) in [6.45, 7) is 8.15. The topological polar surface area (TPSA) is 64.2 Å². The van der Waals surface area contributed by atoms with Gasteiger partial charge in [0.25, 0.3) is 5.91 Å². The van der Waals surface area contributed by atoms with Gasteiger partial charge in [0, 0.05) is 19.3 Å². The predicted molar refractivity (Wildman–Crippen MR) is 113 cm³/mol. The number of furan rings is 1. The molecule has 0 bridgehead atoms. The maximum atomic E-state index is 13.2. The number of aryl methyl sites for hydroxylation is 2. The van der Waals surface area contributed by atoms with Crippen LogP contribution in [0.1, 0.15) is 66.7 Å². The van der Waals surface area contributed by atoms with Crippen molar-refractivity contribution in [3.05, 3.63) is 47.3 Å². The number of aromatic nitrogens is 3. The van der Waals surface area contributed by atoms with Crippen LogP contribution in [0.3, 0.4) is 0 Å². The van der Waals surface area contributed by atoms with Crippen molar-refractivity contribution in [2.24, 2.45) is 5.92 Å². The van der Waals surface area contributed by atoms with Gasteiger partial charge in [0.05, 0.1) is 6.54 Å². The zero-order valence-corrected chi connectivity index (χ0v) is 17.6. The van der Waals surface area contributed by atoms with Crippen molar-refractivity contribution in [2.75, 3.05) is 6.54 Å². The highest BCUT2D eigenvalue weighted by molar-refractivity contribution is 5.91. The minimum Gasteiger partial charge on any atom is -0.456 e. The summed E-state index contributed by atoms with van der Waals surface area (Å²) in [5, 5.41) is 0. The van der Waals surface area contributed by atoms with Gasteiger partial charge in [-0.25, -0.2) is 9.97 Å². The van der Waals surface area contributed by atoms with Gasteiger partial charge in [-0.2, -0.15) is 0 Å². The summed E-state index contributed by atoms with van der Waals surface area (Å²) < 4.78 is 7.95. The summed E-state index contributed by atoms with van der Waals surface area (Å²) in [6.07, 6.45) is 7.52. The standard InChI is InChI=1S/C23H30N4O2/c1-4-5-6-12-26(23(28)20-13-16(2)17(3)29-20)15-21-25-19-8-7-11-24-22(19)27(21)14-18-9-10-18/h7-8,11,13,18H,4-6,9-10,12,14-15H2,1-3H3. The first kappa shape index (κ1) is 19.7. The second-order valence-electron chi connectivity index (χ2n) is 8.21. The molecule has 1 aliphatic rings. The van der Waals surface area contributed by atoms with Crippen molar-refractivity contribution < 1.29 is 9.21 Å². The second-order valence-corrected chi connectivity index (χ2v) is 8.21. The molecule has 3 heterocycles. The van der Waals surface area contributed by atoms with Crippen LogP contribution in [0.4, 0.5) is 0 Å². The number of carbonyl (C=O) groups is 1. The molecule has 0 aliphatic heterocycles. The lowest BCUT2D eigenvalue weighted by Crippen LogP contribution is -2.32. The molecule has 0 aromatic carbocycles. The molecule has 1 amide bonds. The third-order valence-electron chi connectivity index (χ3n) is 5.75. The minimum absolute atomic E-state index is 0.0599. The number of hydrogen-bond donors (Lipinski definition) is 0. The summed E-state index contributed by atoms with van der Waals surface area (Å²) in [5.41, 5.74) is 2.82. The zero-order valence-electron chi connectivity index (χ0n) is 17.6. The third kappa shape index (κ3) is 4.36. The highest BCUT2D eigenvalue weighted by atomic mass is 16.4. The van der Waals surface area contributed by atoms with Gasteiger partial charge in [-0.3, -0.25) is 4.79 Å². The van der Waals surface area contributed by atoms with Gasteiger partial charge in [0.1, 0.15) is 17.1 Å². The lowest BCUT2D eigenvalue weighted by Gasteiger charge is -2.22. The van der Waals surface area contributed by atoms with Crippen molar-refractivity contribution in [1.29, 1.82) is 0 Å². The van der Waals surface area contributed by atoms with E-state index in [0.717, 1.165) is 54.1 Å². The number of hydrogen-bond acceptors (Lipinski definition) is 4. The Kier molecular flexibility index (Phi) is 5.69. The first-order valence-electron chi connectivity index (χ1n) is 10.7. The molecule has 3 aromatic heterocycles. The quantitative estimate of drug-likeness (QED) is 0.485. The molecule has 0 radical (unpaired) electrons. The molecule has 0 saturated heterocycles. The largest absolute Gasteiger partial charge is 0.456 e. The van der Waals surface area contributed by atoms with Crippen molar-refractivity contribution in [3.8, 4) is 0 Å². The molecule has 0 spiro atoms. The van der Waals surface area contributed by atoms with E-state index in [1.165, 1.54) is 12.8 Å². The number of unbranched alkanes of at least 4 members (excludes halogenated alkanes) is 2. The van der Waals surface area contributed by atoms with Crippen LogP contribution in [0.2, 0.25) is 0 Å². The summed E-state index contributed by atoms with van der Waals surface area (Å²) in [5.74, 6) is 2.77. The molecule has 0 atom stereocenters. The van der Waals surface area contributed by atoms with Gasteiger partial charge in [0.2, 0.25) is 0 Å². The maximum Gasteiger partial charge on any atom is 0.289 e. The Balaban J connectivity index is 1.63. The number of imidazole rings is 1. The second kappa shape index (κ2) is 8.39. The van der Waals surface area contributed by atoms with Crippen LogP contribution in [-0.4, -0.2) is 31.9 Å². The molecule has 1 saturated carbocycles. The van der Waals surface area contributed by atoms with Crippen LogP contribution in [0.25, 0.3) is 11.2 Å². The van der Waals surface area contributed by atoms with Crippen LogP contribution in [0.5, 0.6) is 0 Å². The van der Waals surface area contributed by atoms with E-state index in [0.29, 0.717) is 24.8 Å². The fourth-order valence-corrected chi connectivity index (χ4v) is 3.69. The summed E-state index contributed by atoms with van der Waals surface area (Å²) in [6, 6.07) is 5.76. The molecule has 154 valence electrons. The van der Waals surface area contributed by atoms with Crippen molar-refractivity contribution in [2.45, 2.75) is 66.0 Å². The lowest BCUT2D eigenvalue weighted by molar-refractivity contribution is 0.0700. The number of pyridine rings is 1. The zero-order chi connectivity index (χ0) is 20.4. The Hall–Kier alpha value is -2.63. The predicted octanol–water partition coefficient (Wildman–Crippen LogP) is 4.88. The molecule has 0 N–H and O–H groups in total. The number of carbonyl (C=O) groups excluding carboxylic acids is 1. The van der Waals surface area contributed by atoms with E-state index in [4.69, 9.17) is 9.40 Å². The Morgan fingerprint density at radius 2 is 2.14 bits per heavy atom. The molecule has 1 fully saturated rings. The van der Waals surface area contributed by atoms with Crippen LogP contribution < -0.4 is 0 Å². The number of rotatable bonds is 9. The molecule has 0 unspecified atom stereocenters. The van der Waals surface area contributed by atoms with Gasteiger partial charge < -0.3 is 13.9 Å². The van der Waals surface area contributed by atoms with E-state index in [1.54, 1.807) is 0 Å². The van der Waals surface area contributed by atoms with Crippen LogP contribution in [0.15, 0.2) is 28.8 Å². The van der Waals surface area contributed by atoms with Crippen LogP contribution in [-0.2, 0) is 13.1 Å². The van der Waals surface area contributed by atoms with Gasteiger partial charge in [-0.15, -0.1) is 0 Å². The van der Waals surface area contributed by atoms with Gasteiger partial charge >= 0.3 is 0 Å². The Morgan fingerprint density at radius 1 is 1.31 bits per heavy atom. The maximum absolute atomic E-state index is 13.2. The summed E-state index contributed by atoms with van der Waals surface area (Å²) in [4.78, 5) is 24.5. The smallest absolute Gasteiger partial charge is 0.289 e. The van der Waals surface area contributed by atoms with Crippen molar-refractivity contribution in [3.63, 3.8) is 0 Å². The molecular weight excluding hydrogens is 364 g/mol. The molecule has 6 nitrogen and oxygen atoms in total. The summed E-state index contributed by atoms with van der Waals surface area (Å²) >= 11 is 0. The third-order valence-corrected chi connectivity index (χ3v) is 5.75. The van der Waals surface area contributed by atoms with Gasteiger partial charge in [-0.1, -0.05) is 19.8 Å². The van der Waals surface area contributed by atoms with Crippen LogP contribution >= 0.6 is 0 Å². The first-order chi connectivity index (χ1) is 14.1. The molecule has 29 heavy (non-hydrogen) atoms. The normalized spacial score (nSPS) is 13.9. The van der Waals surface area contributed by atoms with Crippen molar-refractivity contribution >= 4 is 17.1 Å². The average molecular weight is 395 g/mol. The van der Waals surface area contributed by atoms with E-state index in [9.17, 15) is 4.79 Å². The van der Waals surface area contributed by atoms with E-state index in [-0.39, 0.29) is 5.91 Å². The monoisotopic (exact) mass is 394 g/mol. The lowest BCUT2D eigenvalue weighted by atomic mass is 10.2. The fourth-order valence-electron chi connectivity index (χ4n) is 3.69. The first-order valence-corrected chi connectivity index (χ1v) is 10.7.